The van der Waals surface area contributed by atoms with E-state index in [1.807, 2.05) is 21.9 Å². The maximum atomic E-state index is 12.7. The molecular formula is C19H23N5O2. The van der Waals surface area contributed by atoms with Gasteiger partial charge in [0.25, 0.3) is 5.91 Å². The lowest BCUT2D eigenvalue weighted by Gasteiger charge is -2.47. The molecule has 4 heterocycles. The van der Waals surface area contributed by atoms with Crippen LogP contribution < -0.4 is 0 Å². The summed E-state index contributed by atoms with van der Waals surface area (Å²) in [6, 6.07) is 5.64. The van der Waals surface area contributed by atoms with Gasteiger partial charge in [0, 0.05) is 56.6 Å². The lowest BCUT2D eigenvalue weighted by Crippen LogP contribution is -2.57. The summed E-state index contributed by atoms with van der Waals surface area (Å²) in [6.07, 6.45) is 8.16. The van der Waals surface area contributed by atoms with Crippen molar-refractivity contribution in [3.63, 3.8) is 0 Å². The first-order chi connectivity index (χ1) is 12.7. The third-order valence-corrected chi connectivity index (χ3v) is 5.49. The molecule has 2 unspecified atom stereocenters. The number of imidazole rings is 1. The van der Waals surface area contributed by atoms with Crippen LogP contribution in [0.1, 0.15) is 35.4 Å². The Bertz CT molecular complexity index is 762. The van der Waals surface area contributed by atoms with Crippen LogP contribution in [0, 0.1) is 5.92 Å². The summed E-state index contributed by atoms with van der Waals surface area (Å²) in [4.78, 5) is 40.4. The Morgan fingerprint density at radius 3 is 3.00 bits per heavy atom. The van der Waals surface area contributed by atoms with Gasteiger partial charge in [0.05, 0.1) is 6.33 Å². The van der Waals surface area contributed by atoms with Gasteiger partial charge in [-0.2, -0.15) is 0 Å². The summed E-state index contributed by atoms with van der Waals surface area (Å²) < 4.78 is 0. The fourth-order valence-corrected chi connectivity index (χ4v) is 4.14. The topological polar surface area (TPSA) is 82.2 Å². The maximum absolute atomic E-state index is 12.7. The molecule has 0 saturated carbocycles. The number of rotatable bonds is 4. The Morgan fingerprint density at radius 1 is 1.31 bits per heavy atom. The minimum Gasteiger partial charge on any atom is -0.348 e. The predicted molar refractivity (Wildman–Crippen MR) is 95.3 cm³/mol. The smallest absolute Gasteiger partial charge is 0.272 e. The van der Waals surface area contributed by atoms with Crippen LogP contribution in [0.25, 0.3) is 0 Å². The summed E-state index contributed by atoms with van der Waals surface area (Å²) in [5.74, 6) is 0.566. The van der Waals surface area contributed by atoms with Gasteiger partial charge in [0.15, 0.2) is 0 Å². The van der Waals surface area contributed by atoms with Gasteiger partial charge in [-0.25, -0.2) is 4.98 Å². The maximum Gasteiger partial charge on any atom is 0.272 e. The molecule has 2 atom stereocenters. The molecule has 0 radical (unpaired) electrons. The third-order valence-electron chi connectivity index (χ3n) is 5.49. The Balaban J connectivity index is 1.41. The van der Waals surface area contributed by atoms with Crippen molar-refractivity contribution in [3.05, 3.63) is 48.3 Å². The molecule has 7 heteroatoms. The molecule has 0 aliphatic carbocycles. The Kier molecular flexibility index (Phi) is 4.69. The monoisotopic (exact) mass is 353 g/mol. The van der Waals surface area contributed by atoms with Crippen LogP contribution in [0.2, 0.25) is 0 Å². The average Bonchev–Trinajstić information content (AvgIpc) is 3.20. The lowest BCUT2D eigenvalue weighted by atomic mass is 9.83. The van der Waals surface area contributed by atoms with Crippen LogP contribution in [0.5, 0.6) is 0 Å². The third kappa shape index (κ3) is 3.34. The van der Waals surface area contributed by atoms with E-state index < -0.39 is 0 Å². The number of aromatic nitrogens is 3. The van der Waals surface area contributed by atoms with Gasteiger partial charge in [0.2, 0.25) is 5.91 Å². The molecule has 0 bridgehead atoms. The van der Waals surface area contributed by atoms with Crippen molar-refractivity contribution >= 4 is 11.8 Å². The first kappa shape index (κ1) is 16.8. The first-order valence-electron chi connectivity index (χ1n) is 9.19. The number of hydrogen-bond acceptors (Lipinski definition) is 4. The minimum atomic E-state index is -0.00930. The van der Waals surface area contributed by atoms with Crippen LogP contribution in [-0.4, -0.2) is 62.2 Å². The second-order valence-corrected chi connectivity index (χ2v) is 7.03. The van der Waals surface area contributed by atoms with Crippen molar-refractivity contribution in [2.45, 2.75) is 31.7 Å². The summed E-state index contributed by atoms with van der Waals surface area (Å²) in [6.45, 7) is 2.08. The number of carbonyl (C=O) groups excluding carboxylic acids is 2. The highest BCUT2D eigenvalue weighted by Crippen LogP contribution is 2.31. The van der Waals surface area contributed by atoms with Crippen LogP contribution >= 0.6 is 0 Å². The molecular weight excluding hydrogens is 330 g/mol. The van der Waals surface area contributed by atoms with E-state index in [4.69, 9.17) is 0 Å². The van der Waals surface area contributed by atoms with Gasteiger partial charge in [-0.05, 0) is 30.9 Å². The van der Waals surface area contributed by atoms with Crippen LogP contribution in [0.4, 0.5) is 0 Å². The second-order valence-electron chi connectivity index (χ2n) is 7.03. The minimum absolute atomic E-state index is 0.00930. The molecule has 2 amide bonds. The highest BCUT2D eigenvalue weighted by molar-refractivity contribution is 5.92. The van der Waals surface area contributed by atoms with Crippen molar-refractivity contribution in [1.29, 1.82) is 0 Å². The van der Waals surface area contributed by atoms with Crippen LogP contribution in [-0.2, 0) is 11.2 Å². The van der Waals surface area contributed by atoms with E-state index in [2.05, 4.69) is 15.0 Å². The van der Waals surface area contributed by atoms with E-state index in [0.29, 0.717) is 37.7 Å². The molecule has 2 aromatic rings. The largest absolute Gasteiger partial charge is 0.348 e. The quantitative estimate of drug-likeness (QED) is 0.903. The number of H-pyrrole nitrogens is 1. The molecule has 1 N–H and O–H groups in total. The molecule has 0 aromatic carbocycles. The van der Waals surface area contributed by atoms with Gasteiger partial charge >= 0.3 is 0 Å². The number of nitrogens with one attached hydrogen (secondary N) is 1. The molecule has 2 aliphatic rings. The second kappa shape index (κ2) is 7.27. The number of pyridine rings is 1. The number of carbonyl (C=O) groups is 2. The number of fused-ring (bicyclic) bond motifs is 1. The van der Waals surface area contributed by atoms with Crippen molar-refractivity contribution < 1.29 is 9.59 Å². The Morgan fingerprint density at radius 2 is 2.23 bits per heavy atom. The fraction of sp³-hybridized carbons (Fsp3) is 0.474. The van der Waals surface area contributed by atoms with Crippen molar-refractivity contribution in [2.75, 3.05) is 19.6 Å². The first-order valence-corrected chi connectivity index (χ1v) is 9.19. The van der Waals surface area contributed by atoms with Crippen LogP contribution in [0.15, 0.2) is 36.9 Å². The highest BCUT2D eigenvalue weighted by Gasteiger charge is 2.40. The molecule has 2 fully saturated rings. The molecule has 7 nitrogen and oxygen atoms in total. The molecule has 2 aliphatic heterocycles. The Hall–Kier alpha value is -2.70. The predicted octanol–water partition coefficient (Wildman–Crippen LogP) is 1.50. The zero-order chi connectivity index (χ0) is 17.9. The number of piperidine rings is 2. The SMILES string of the molecule is O=C(c1ccccn1)N1CCC2C(CCC(=O)N2CCc2cnc[nH]2)C1. The van der Waals surface area contributed by atoms with E-state index in [-0.39, 0.29) is 17.9 Å². The number of nitrogens with zero attached hydrogens (tertiary/aromatic N) is 4. The van der Waals surface area contributed by atoms with Gasteiger partial charge < -0.3 is 14.8 Å². The molecule has 2 saturated heterocycles. The Labute approximate surface area is 152 Å². The summed E-state index contributed by atoms with van der Waals surface area (Å²) in [5.41, 5.74) is 1.54. The summed E-state index contributed by atoms with van der Waals surface area (Å²) in [7, 11) is 0. The number of amides is 2. The van der Waals surface area contributed by atoms with E-state index in [0.717, 1.165) is 25.0 Å². The molecule has 136 valence electrons. The number of hydrogen-bond donors (Lipinski definition) is 1. The summed E-state index contributed by atoms with van der Waals surface area (Å²) in [5, 5.41) is 0. The van der Waals surface area contributed by atoms with Gasteiger partial charge in [-0.15, -0.1) is 0 Å². The van der Waals surface area contributed by atoms with Crippen LogP contribution in [0.3, 0.4) is 0 Å². The lowest BCUT2D eigenvalue weighted by molar-refractivity contribution is -0.140. The molecule has 0 spiro atoms. The standard InChI is InChI=1S/C19H23N5O2/c25-18-5-4-14-12-23(19(26)16-3-1-2-8-21-16)9-7-17(14)24(18)10-6-15-11-20-13-22-15/h1-3,8,11,13-14,17H,4-7,9-10,12H2,(H,20,22). The van der Waals surface area contributed by atoms with Crippen molar-refractivity contribution in [3.8, 4) is 0 Å². The zero-order valence-corrected chi connectivity index (χ0v) is 14.7. The van der Waals surface area contributed by atoms with E-state index >= 15 is 0 Å². The van der Waals surface area contributed by atoms with E-state index in [1.165, 1.54) is 0 Å². The molecule has 4 rings (SSSR count). The summed E-state index contributed by atoms with van der Waals surface area (Å²) >= 11 is 0. The average molecular weight is 353 g/mol. The zero-order valence-electron chi connectivity index (χ0n) is 14.7. The molecule has 26 heavy (non-hydrogen) atoms. The fourth-order valence-electron chi connectivity index (χ4n) is 4.14. The van der Waals surface area contributed by atoms with E-state index in [9.17, 15) is 9.59 Å². The van der Waals surface area contributed by atoms with Gasteiger partial charge in [-0.3, -0.25) is 14.6 Å². The molecule has 2 aromatic heterocycles. The number of likely N-dealkylation sites (tertiary alicyclic amines) is 2. The normalized spacial score (nSPS) is 23.0. The van der Waals surface area contributed by atoms with Crippen molar-refractivity contribution in [2.24, 2.45) is 5.92 Å². The van der Waals surface area contributed by atoms with Gasteiger partial charge in [0.1, 0.15) is 5.69 Å². The van der Waals surface area contributed by atoms with E-state index in [1.54, 1.807) is 24.8 Å². The highest BCUT2D eigenvalue weighted by atomic mass is 16.2. The van der Waals surface area contributed by atoms with Gasteiger partial charge in [-0.1, -0.05) is 6.07 Å². The van der Waals surface area contributed by atoms with Crippen molar-refractivity contribution in [1.82, 2.24) is 24.8 Å². The number of aromatic amines is 1.